The lowest BCUT2D eigenvalue weighted by Crippen LogP contribution is -2.38. The largest absolute Gasteiger partial charge is 0.357 e. The van der Waals surface area contributed by atoms with Crippen LogP contribution >= 0.6 is 24.0 Å². The molecule has 0 unspecified atom stereocenters. The number of aliphatic imine (C=N–C) groups is 1. The summed E-state index contributed by atoms with van der Waals surface area (Å²) in [6.45, 7) is 3.88. The van der Waals surface area contributed by atoms with Crippen LogP contribution in [0.15, 0.2) is 70.2 Å². The molecule has 1 amide bonds. The lowest BCUT2D eigenvalue weighted by molar-refractivity contribution is 0.0963. The lowest BCUT2D eigenvalue weighted by atomic mass is 10.1. The number of carbonyl (C=O) groups is 1. The number of hydrogen-bond donors (Lipinski definition) is 3. The average Bonchev–Trinajstić information content (AvgIpc) is 3.27. The number of rotatable bonds is 8. The maximum atomic E-state index is 11.8. The van der Waals surface area contributed by atoms with Crippen LogP contribution < -0.4 is 16.0 Å². The second kappa shape index (κ2) is 12.7. The average molecular weight is 533 g/mol. The van der Waals surface area contributed by atoms with Gasteiger partial charge in [0.15, 0.2) is 11.7 Å². The van der Waals surface area contributed by atoms with Gasteiger partial charge in [0, 0.05) is 37.3 Å². The third-order valence-electron chi connectivity index (χ3n) is 4.48. The minimum absolute atomic E-state index is 0. The summed E-state index contributed by atoms with van der Waals surface area (Å²) in [4.78, 5) is 16.4. The molecule has 7 nitrogen and oxygen atoms in total. The first-order valence-electron chi connectivity index (χ1n) is 10.0. The summed E-state index contributed by atoms with van der Waals surface area (Å²) in [7, 11) is 1.63. The van der Waals surface area contributed by atoms with E-state index < -0.39 is 0 Å². The van der Waals surface area contributed by atoms with Crippen molar-refractivity contribution in [1.82, 2.24) is 21.1 Å². The van der Waals surface area contributed by atoms with E-state index in [1.165, 1.54) is 0 Å². The van der Waals surface area contributed by atoms with Crippen molar-refractivity contribution in [3.63, 3.8) is 0 Å². The Morgan fingerprint density at radius 1 is 1.06 bits per heavy atom. The summed E-state index contributed by atoms with van der Waals surface area (Å²) in [6.07, 6.45) is 0.775. The summed E-state index contributed by atoms with van der Waals surface area (Å²) in [5.74, 6) is 1.36. The Morgan fingerprint density at radius 3 is 2.61 bits per heavy atom. The minimum atomic E-state index is -0.0813. The smallest absolute Gasteiger partial charge is 0.251 e. The van der Waals surface area contributed by atoms with Crippen LogP contribution in [0.1, 0.15) is 28.5 Å². The van der Waals surface area contributed by atoms with Gasteiger partial charge in [-0.2, -0.15) is 0 Å². The Kier molecular flexibility index (Phi) is 10.0. The van der Waals surface area contributed by atoms with Gasteiger partial charge < -0.3 is 20.5 Å². The van der Waals surface area contributed by atoms with E-state index >= 15 is 0 Å². The predicted octanol–water partition coefficient (Wildman–Crippen LogP) is 3.62. The van der Waals surface area contributed by atoms with Crippen LogP contribution in [0.25, 0.3) is 11.3 Å². The zero-order valence-corrected chi connectivity index (χ0v) is 20.1. The first-order valence-corrected chi connectivity index (χ1v) is 10.0. The molecule has 0 saturated heterocycles. The van der Waals surface area contributed by atoms with Crippen molar-refractivity contribution in [1.29, 1.82) is 0 Å². The Hall–Kier alpha value is -2.88. The molecule has 3 N–H and O–H groups in total. The number of guanidine groups is 1. The van der Waals surface area contributed by atoms with Gasteiger partial charge in [-0.1, -0.05) is 47.6 Å². The molecule has 0 fully saturated rings. The predicted molar refractivity (Wildman–Crippen MR) is 134 cm³/mol. The molecule has 0 bridgehead atoms. The first kappa shape index (κ1) is 24.4. The first-order chi connectivity index (χ1) is 14.7. The molecule has 31 heavy (non-hydrogen) atoms. The highest BCUT2D eigenvalue weighted by Gasteiger charge is 2.07. The van der Waals surface area contributed by atoms with Gasteiger partial charge >= 0.3 is 0 Å². The minimum Gasteiger partial charge on any atom is -0.357 e. The number of carbonyl (C=O) groups excluding carboxylic acids is 1. The molecular formula is C23H28IN5O2. The summed E-state index contributed by atoms with van der Waals surface area (Å²) < 4.78 is 5.43. The summed E-state index contributed by atoms with van der Waals surface area (Å²) >= 11 is 0. The van der Waals surface area contributed by atoms with Gasteiger partial charge in [-0.05, 0) is 31.0 Å². The lowest BCUT2D eigenvalue weighted by Gasteiger charge is -2.11. The molecule has 0 aliphatic rings. The Bertz CT molecular complexity index is 988. The highest BCUT2D eigenvalue weighted by molar-refractivity contribution is 14.0. The van der Waals surface area contributed by atoms with E-state index in [1.54, 1.807) is 7.05 Å². The van der Waals surface area contributed by atoms with E-state index in [4.69, 9.17) is 4.52 Å². The van der Waals surface area contributed by atoms with Gasteiger partial charge in [0.1, 0.15) is 5.69 Å². The van der Waals surface area contributed by atoms with E-state index in [-0.39, 0.29) is 29.9 Å². The Balaban J connectivity index is 0.00000341. The molecule has 1 aromatic heterocycles. The van der Waals surface area contributed by atoms with Crippen LogP contribution in [-0.4, -0.2) is 37.2 Å². The molecule has 3 aromatic rings. The molecule has 0 atom stereocenters. The van der Waals surface area contributed by atoms with Gasteiger partial charge in [-0.15, -0.1) is 24.0 Å². The molecule has 3 rings (SSSR count). The molecule has 164 valence electrons. The quantitative estimate of drug-likeness (QED) is 0.234. The molecule has 2 aromatic carbocycles. The van der Waals surface area contributed by atoms with Gasteiger partial charge in [-0.25, -0.2) is 4.99 Å². The van der Waals surface area contributed by atoms with E-state index in [2.05, 4.69) is 26.1 Å². The molecule has 0 aliphatic heterocycles. The van der Waals surface area contributed by atoms with Crippen LogP contribution in [0.4, 0.5) is 0 Å². The summed E-state index contributed by atoms with van der Waals surface area (Å²) in [5.41, 5.74) is 3.51. The van der Waals surface area contributed by atoms with Crippen molar-refractivity contribution >= 4 is 35.8 Å². The zero-order valence-electron chi connectivity index (χ0n) is 17.7. The number of hydrogen-bond acceptors (Lipinski definition) is 4. The van der Waals surface area contributed by atoms with Gasteiger partial charge in [-0.3, -0.25) is 4.79 Å². The summed E-state index contributed by atoms with van der Waals surface area (Å²) in [5, 5.41) is 13.3. The van der Waals surface area contributed by atoms with Crippen LogP contribution in [-0.2, 0) is 13.0 Å². The topological polar surface area (TPSA) is 91.6 Å². The van der Waals surface area contributed by atoms with Crippen molar-refractivity contribution in [3.05, 3.63) is 77.5 Å². The Labute approximate surface area is 199 Å². The highest BCUT2D eigenvalue weighted by atomic mass is 127. The van der Waals surface area contributed by atoms with Crippen LogP contribution in [0, 0.1) is 0 Å². The van der Waals surface area contributed by atoms with E-state index in [0.717, 1.165) is 35.5 Å². The molecule has 0 spiro atoms. The molecule has 8 heteroatoms. The van der Waals surface area contributed by atoms with E-state index in [1.807, 2.05) is 67.6 Å². The normalized spacial score (nSPS) is 10.8. The zero-order chi connectivity index (χ0) is 21.2. The third-order valence-corrected chi connectivity index (χ3v) is 4.48. The standard InChI is InChI=1S/C23H27N5O2.HI/c1-3-25-23(26-13-12-17-8-7-11-19(14-17)22(29)24-2)27-16-20-15-21(30-28-20)18-9-5-4-6-10-18;/h4-11,14-15H,3,12-13,16H2,1-2H3,(H,24,29)(H2,25,26,27);1H. The van der Waals surface area contributed by atoms with Gasteiger partial charge in [0.05, 0.1) is 6.54 Å². The van der Waals surface area contributed by atoms with Crippen molar-refractivity contribution in [2.24, 2.45) is 4.99 Å². The molecule has 0 radical (unpaired) electrons. The maximum Gasteiger partial charge on any atom is 0.251 e. The van der Waals surface area contributed by atoms with Crippen molar-refractivity contribution in [2.45, 2.75) is 19.9 Å². The number of amides is 1. The fraction of sp³-hybridized carbons (Fsp3) is 0.261. The fourth-order valence-electron chi connectivity index (χ4n) is 2.96. The number of halogens is 1. The van der Waals surface area contributed by atoms with Crippen LogP contribution in [0.5, 0.6) is 0 Å². The van der Waals surface area contributed by atoms with Crippen molar-refractivity contribution < 1.29 is 9.32 Å². The molecular weight excluding hydrogens is 505 g/mol. The second-order valence-corrected chi connectivity index (χ2v) is 6.70. The highest BCUT2D eigenvalue weighted by Crippen LogP contribution is 2.19. The van der Waals surface area contributed by atoms with E-state index in [9.17, 15) is 4.79 Å². The van der Waals surface area contributed by atoms with E-state index in [0.29, 0.717) is 24.6 Å². The number of aromatic nitrogens is 1. The monoisotopic (exact) mass is 533 g/mol. The number of nitrogens with one attached hydrogen (secondary N) is 3. The number of nitrogens with zero attached hydrogens (tertiary/aromatic N) is 2. The van der Waals surface area contributed by atoms with Gasteiger partial charge in [0.2, 0.25) is 0 Å². The molecule has 1 heterocycles. The van der Waals surface area contributed by atoms with Crippen molar-refractivity contribution in [2.75, 3.05) is 20.1 Å². The molecule has 0 saturated carbocycles. The van der Waals surface area contributed by atoms with Crippen molar-refractivity contribution in [3.8, 4) is 11.3 Å². The van der Waals surface area contributed by atoms with Crippen LogP contribution in [0.3, 0.4) is 0 Å². The second-order valence-electron chi connectivity index (χ2n) is 6.70. The SMILES string of the molecule is CCNC(=NCc1cc(-c2ccccc2)on1)NCCc1cccc(C(=O)NC)c1.I. The van der Waals surface area contributed by atoms with Crippen LogP contribution in [0.2, 0.25) is 0 Å². The van der Waals surface area contributed by atoms with Gasteiger partial charge in [0.25, 0.3) is 5.91 Å². The fourth-order valence-corrected chi connectivity index (χ4v) is 2.96. The summed E-state index contributed by atoms with van der Waals surface area (Å²) in [6, 6.07) is 19.4. The Morgan fingerprint density at radius 2 is 1.87 bits per heavy atom. The molecule has 0 aliphatic carbocycles. The number of benzene rings is 2. The maximum absolute atomic E-state index is 11.8. The third kappa shape index (κ3) is 7.39.